The van der Waals surface area contributed by atoms with Crippen LogP contribution < -0.4 is 10.2 Å². The van der Waals surface area contributed by atoms with Crippen LogP contribution in [0.25, 0.3) is 0 Å². The molecule has 4 heteroatoms. The van der Waals surface area contributed by atoms with Crippen LogP contribution in [0.3, 0.4) is 0 Å². The van der Waals surface area contributed by atoms with Crippen LogP contribution in [0.2, 0.25) is 0 Å². The molecule has 98 valence electrons. The van der Waals surface area contributed by atoms with Crippen molar-refractivity contribution in [3.8, 4) is 0 Å². The molecular weight excluding hydrogens is 231 g/mol. The molecule has 1 fully saturated rings. The van der Waals surface area contributed by atoms with Gasteiger partial charge in [-0.15, -0.1) is 0 Å². The summed E-state index contributed by atoms with van der Waals surface area (Å²) in [5, 5.41) is 3.31. The molecule has 2 rings (SSSR count). The minimum atomic E-state index is -0.308. The maximum atomic E-state index is 13.2. The molecule has 1 amide bonds. The quantitative estimate of drug-likeness (QED) is 0.889. The monoisotopic (exact) mass is 250 g/mol. The van der Waals surface area contributed by atoms with E-state index in [1.807, 2.05) is 6.92 Å². The number of halogens is 1. The molecule has 1 atom stereocenters. The number of rotatable bonds is 4. The van der Waals surface area contributed by atoms with E-state index in [0.717, 1.165) is 19.4 Å². The van der Waals surface area contributed by atoms with Crippen LogP contribution in [0.1, 0.15) is 26.2 Å². The van der Waals surface area contributed by atoms with Crippen molar-refractivity contribution in [3.63, 3.8) is 0 Å². The smallest absolute Gasteiger partial charge is 0.228 e. The lowest BCUT2D eigenvalue weighted by molar-refractivity contribution is -0.119. The third-order valence-corrected chi connectivity index (χ3v) is 3.32. The zero-order valence-electron chi connectivity index (χ0n) is 10.7. The predicted octanol–water partition coefficient (Wildman–Crippen LogP) is 2.32. The van der Waals surface area contributed by atoms with Gasteiger partial charge in [0.25, 0.3) is 0 Å². The molecule has 1 aromatic rings. The summed E-state index contributed by atoms with van der Waals surface area (Å²) < 4.78 is 13.2. The number of hydrogen-bond acceptors (Lipinski definition) is 2. The third-order valence-electron chi connectivity index (χ3n) is 3.32. The van der Waals surface area contributed by atoms with Crippen LogP contribution in [0, 0.1) is 5.82 Å². The van der Waals surface area contributed by atoms with E-state index in [2.05, 4.69) is 5.32 Å². The van der Waals surface area contributed by atoms with E-state index in [-0.39, 0.29) is 17.8 Å². The topological polar surface area (TPSA) is 32.3 Å². The number of hydrogen-bond donors (Lipinski definition) is 1. The van der Waals surface area contributed by atoms with E-state index < -0.39 is 0 Å². The Hall–Kier alpha value is -1.42. The fourth-order valence-electron chi connectivity index (χ4n) is 2.40. The largest absolute Gasteiger partial charge is 0.313 e. The fourth-order valence-corrected chi connectivity index (χ4v) is 2.40. The number of carbonyl (C=O) groups excluding carboxylic acids is 1. The molecule has 0 spiro atoms. The van der Waals surface area contributed by atoms with Gasteiger partial charge in [0, 0.05) is 24.7 Å². The van der Waals surface area contributed by atoms with Gasteiger partial charge in [-0.05, 0) is 44.5 Å². The van der Waals surface area contributed by atoms with Crippen LogP contribution >= 0.6 is 0 Å². The number of carbonyl (C=O) groups is 1. The van der Waals surface area contributed by atoms with Crippen molar-refractivity contribution in [2.75, 3.05) is 18.0 Å². The Morgan fingerprint density at radius 2 is 2.39 bits per heavy atom. The Morgan fingerprint density at radius 1 is 1.56 bits per heavy atom. The van der Waals surface area contributed by atoms with Crippen molar-refractivity contribution in [1.29, 1.82) is 0 Å². The Balaban J connectivity index is 2.05. The van der Waals surface area contributed by atoms with Crippen molar-refractivity contribution in [1.82, 2.24) is 5.32 Å². The summed E-state index contributed by atoms with van der Waals surface area (Å²) in [7, 11) is 0. The lowest BCUT2D eigenvalue weighted by Crippen LogP contribution is -2.35. The molecule has 1 heterocycles. The summed E-state index contributed by atoms with van der Waals surface area (Å²) in [6.07, 6.45) is 2.67. The van der Waals surface area contributed by atoms with Gasteiger partial charge < -0.3 is 10.2 Å². The molecule has 1 unspecified atom stereocenters. The second-order valence-corrected chi connectivity index (χ2v) is 4.62. The first-order valence-corrected chi connectivity index (χ1v) is 6.50. The van der Waals surface area contributed by atoms with Gasteiger partial charge in [0.2, 0.25) is 5.91 Å². The number of nitrogens with zero attached hydrogens (tertiary/aromatic N) is 1. The predicted molar refractivity (Wildman–Crippen MR) is 70.1 cm³/mol. The molecule has 3 nitrogen and oxygen atoms in total. The lowest BCUT2D eigenvalue weighted by atomic mass is 10.1. The lowest BCUT2D eigenvalue weighted by Gasteiger charge is -2.22. The average molecular weight is 250 g/mol. The minimum absolute atomic E-state index is 0.0579. The van der Waals surface area contributed by atoms with Crippen molar-refractivity contribution in [2.24, 2.45) is 0 Å². The standard InChI is InChI=1S/C14H19FN2O/c1-2-17(13-7-3-5-11(15)9-13)14(18)10-12-6-4-8-16-12/h3,5,7,9,12,16H,2,4,6,8,10H2,1H3. The molecule has 1 saturated heterocycles. The Kier molecular flexibility index (Phi) is 4.31. The summed E-state index contributed by atoms with van der Waals surface area (Å²) in [5.74, 6) is -0.250. The zero-order valence-corrected chi connectivity index (χ0v) is 10.7. The maximum absolute atomic E-state index is 13.2. The third kappa shape index (κ3) is 3.07. The molecule has 0 aliphatic carbocycles. The summed E-state index contributed by atoms with van der Waals surface area (Å²) >= 11 is 0. The van der Waals surface area contributed by atoms with E-state index in [0.29, 0.717) is 18.7 Å². The van der Waals surface area contributed by atoms with E-state index in [4.69, 9.17) is 0 Å². The second-order valence-electron chi connectivity index (χ2n) is 4.62. The molecule has 0 saturated carbocycles. The van der Waals surface area contributed by atoms with Gasteiger partial charge in [0.1, 0.15) is 5.82 Å². The molecule has 1 aliphatic heterocycles. The van der Waals surface area contributed by atoms with Crippen LogP contribution in [0.5, 0.6) is 0 Å². The highest BCUT2D eigenvalue weighted by Crippen LogP contribution is 2.18. The summed E-state index contributed by atoms with van der Waals surface area (Å²) in [6.45, 7) is 3.46. The Bertz CT molecular complexity index is 416. The molecular formula is C14H19FN2O. The highest BCUT2D eigenvalue weighted by Gasteiger charge is 2.21. The molecule has 1 aliphatic rings. The normalized spacial score (nSPS) is 18.9. The van der Waals surface area contributed by atoms with Gasteiger partial charge in [0.15, 0.2) is 0 Å². The summed E-state index contributed by atoms with van der Waals surface area (Å²) in [6, 6.07) is 6.48. The highest BCUT2D eigenvalue weighted by molar-refractivity contribution is 5.93. The molecule has 0 aromatic heterocycles. The average Bonchev–Trinajstić information content (AvgIpc) is 2.83. The second kappa shape index (κ2) is 5.96. The van der Waals surface area contributed by atoms with E-state index >= 15 is 0 Å². The number of anilines is 1. The summed E-state index contributed by atoms with van der Waals surface area (Å²) in [4.78, 5) is 13.8. The van der Waals surface area contributed by atoms with E-state index in [1.165, 1.54) is 12.1 Å². The molecule has 18 heavy (non-hydrogen) atoms. The number of nitrogens with one attached hydrogen (secondary N) is 1. The molecule has 0 bridgehead atoms. The van der Waals surface area contributed by atoms with Gasteiger partial charge in [-0.3, -0.25) is 4.79 Å². The van der Waals surface area contributed by atoms with Gasteiger partial charge in [0.05, 0.1) is 0 Å². The minimum Gasteiger partial charge on any atom is -0.313 e. The zero-order chi connectivity index (χ0) is 13.0. The van der Waals surface area contributed by atoms with Crippen LogP contribution in [-0.4, -0.2) is 25.0 Å². The maximum Gasteiger partial charge on any atom is 0.228 e. The van der Waals surface area contributed by atoms with Crippen molar-refractivity contribution in [2.45, 2.75) is 32.2 Å². The van der Waals surface area contributed by atoms with Gasteiger partial charge in [-0.1, -0.05) is 6.07 Å². The highest BCUT2D eigenvalue weighted by atomic mass is 19.1. The van der Waals surface area contributed by atoms with Gasteiger partial charge in [-0.2, -0.15) is 0 Å². The van der Waals surface area contributed by atoms with Gasteiger partial charge >= 0.3 is 0 Å². The molecule has 1 N–H and O–H groups in total. The van der Waals surface area contributed by atoms with Crippen molar-refractivity contribution < 1.29 is 9.18 Å². The Morgan fingerprint density at radius 3 is 3.00 bits per heavy atom. The summed E-state index contributed by atoms with van der Waals surface area (Å²) in [5.41, 5.74) is 0.639. The van der Waals surface area contributed by atoms with E-state index in [9.17, 15) is 9.18 Å². The van der Waals surface area contributed by atoms with Crippen LogP contribution in [-0.2, 0) is 4.79 Å². The van der Waals surface area contributed by atoms with Crippen molar-refractivity contribution in [3.05, 3.63) is 30.1 Å². The fraction of sp³-hybridized carbons (Fsp3) is 0.500. The van der Waals surface area contributed by atoms with Crippen molar-refractivity contribution >= 4 is 11.6 Å². The first-order valence-electron chi connectivity index (χ1n) is 6.50. The number of benzene rings is 1. The van der Waals surface area contributed by atoms with E-state index in [1.54, 1.807) is 17.0 Å². The molecule has 1 aromatic carbocycles. The number of amides is 1. The molecule has 0 radical (unpaired) electrons. The van der Waals surface area contributed by atoms with Crippen LogP contribution in [0.4, 0.5) is 10.1 Å². The first kappa shape index (κ1) is 13.0. The SMILES string of the molecule is CCN(C(=O)CC1CCCN1)c1cccc(F)c1. The first-order chi connectivity index (χ1) is 8.70. The van der Waals surface area contributed by atoms with Gasteiger partial charge in [-0.25, -0.2) is 4.39 Å². The van der Waals surface area contributed by atoms with Crippen LogP contribution in [0.15, 0.2) is 24.3 Å². The Labute approximate surface area is 107 Å².